The second kappa shape index (κ2) is 10.8. The van der Waals surface area contributed by atoms with E-state index in [1.165, 1.54) is 17.3 Å². The summed E-state index contributed by atoms with van der Waals surface area (Å²) in [6, 6.07) is 27.8. The highest BCUT2D eigenvalue weighted by Crippen LogP contribution is 2.43. The molecule has 0 radical (unpaired) electrons. The topological polar surface area (TPSA) is 64.0 Å². The lowest BCUT2D eigenvalue weighted by Gasteiger charge is -2.36. The minimum atomic E-state index is -0.295. The summed E-state index contributed by atoms with van der Waals surface area (Å²) >= 11 is 1.32. The van der Waals surface area contributed by atoms with Gasteiger partial charge in [0.2, 0.25) is 5.91 Å². The van der Waals surface area contributed by atoms with Crippen LogP contribution in [0.5, 0.6) is 0 Å². The third-order valence-electron chi connectivity index (χ3n) is 7.23. The third kappa shape index (κ3) is 5.25. The lowest BCUT2D eigenvalue weighted by Crippen LogP contribution is -2.40. The number of aromatic nitrogens is 2. The van der Waals surface area contributed by atoms with Crippen molar-refractivity contribution >= 4 is 23.4 Å². The van der Waals surface area contributed by atoms with E-state index in [0.29, 0.717) is 18.1 Å². The molecular weight excluding hydrogens is 478 g/mol. The van der Waals surface area contributed by atoms with Gasteiger partial charge in [-0.15, -0.1) is 0 Å². The quantitative estimate of drug-likeness (QED) is 0.230. The first-order chi connectivity index (χ1) is 18.0. The van der Waals surface area contributed by atoms with Crippen LogP contribution in [0.25, 0.3) is 11.3 Å². The SMILES string of the molecule is CCC1(C)Cc2ccccc2-c2nc(SCC(=O)Nc3ccccc3)n(CCc3ccccc3)c(=O)c21. The van der Waals surface area contributed by atoms with Gasteiger partial charge in [-0.25, -0.2) is 4.98 Å². The van der Waals surface area contributed by atoms with E-state index in [2.05, 4.69) is 43.4 Å². The van der Waals surface area contributed by atoms with Gasteiger partial charge in [-0.1, -0.05) is 98.4 Å². The third-order valence-corrected chi connectivity index (χ3v) is 8.20. The Kier molecular flexibility index (Phi) is 7.28. The van der Waals surface area contributed by atoms with Gasteiger partial charge in [0, 0.05) is 23.2 Å². The standard InChI is InChI=1S/C31H31N3O2S/c1-3-31(2)20-23-14-10-11-17-25(23)28-27(31)29(36)34(19-18-22-12-6-4-7-13-22)30(33-28)37-21-26(35)32-24-15-8-5-9-16-24/h4-17H,3,18-21H2,1-2H3,(H,32,35). The number of aryl methyl sites for hydroxylation is 1. The molecule has 4 aromatic rings. The Labute approximate surface area is 222 Å². The van der Waals surface area contributed by atoms with Crippen LogP contribution in [-0.4, -0.2) is 21.2 Å². The van der Waals surface area contributed by atoms with Crippen molar-refractivity contribution in [1.29, 1.82) is 0 Å². The second-order valence-electron chi connectivity index (χ2n) is 9.76. The van der Waals surface area contributed by atoms with Crippen molar-refractivity contribution in [2.75, 3.05) is 11.1 Å². The molecule has 1 aliphatic carbocycles. The minimum absolute atomic E-state index is 0.00533. The molecule has 1 aromatic heterocycles. The number of fused-ring (bicyclic) bond motifs is 3. The average molecular weight is 510 g/mol. The number of anilines is 1. The normalized spacial score (nSPS) is 16.1. The Morgan fingerprint density at radius 3 is 2.41 bits per heavy atom. The van der Waals surface area contributed by atoms with Crippen LogP contribution >= 0.6 is 11.8 Å². The maximum atomic E-state index is 14.2. The van der Waals surface area contributed by atoms with Crippen LogP contribution < -0.4 is 10.9 Å². The van der Waals surface area contributed by atoms with Crippen molar-refractivity contribution in [2.24, 2.45) is 0 Å². The zero-order valence-corrected chi connectivity index (χ0v) is 22.1. The first-order valence-corrected chi connectivity index (χ1v) is 13.7. The molecule has 0 saturated carbocycles. The number of hydrogen-bond donors (Lipinski definition) is 1. The Morgan fingerprint density at radius 2 is 1.68 bits per heavy atom. The molecule has 188 valence electrons. The monoisotopic (exact) mass is 509 g/mol. The summed E-state index contributed by atoms with van der Waals surface area (Å²) in [5, 5.41) is 3.51. The van der Waals surface area contributed by atoms with Crippen molar-refractivity contribution < 1.29 is 4.79 Å². The van der Waals surface area contributed by atoms with Crippen molar-refractivity contribution in [3.8, 4) is 11.3 Å². The van der Waals surface area contributed by atoms with Crippen molar-refractivity contribution in [3.63, 3.8) is 0 Å². The number of nitrogens with zero attached hydrogens (tertiary/aromatic N) is 2. The van der Waals surface area contributed by atoms with Gasteiger partial charge in [-0.2, -0.15) is 0 Å². The largest absolute Gasteiger partial charge is 0.325 e. The molecule has 3 aromatic carbocycles. The van der Waals surface area contributed by atoms with E-state index >= 15 is 0 Å². The van der Waals surface area contributed by atoms with Gasteiger partial charge in [0.05, 0.1) is 17.0 Å². The summed E-state index contributed by atoms with van der Waals surface area (Å²) in [6.07, 6.45) is 2.37. The van der Waals surface area contributed by atoms with Gasteiger partial charge in [0.15, 0.2) is 5.16 Å². The molecule has 1 amide bonds. The average Bonchev–Trinajstić information content (AvgIpc) is 2.92. The predicted molar refractivity (Wildman–Crippen MR) is 151 cm³/mol. The zero-order valence-electron chi connectivity index (χ0n) is 21.2. The number of hydrogen-bond acceptors (Lipinski definition) is 4. The zero-order chi connectivity index (χ0) is 25.8. The summed E-state index contributed by atoms with van der Waals surface area (Å²) in [5.41, 5.74) is 5.41. The molecule has 0 bridgehead atoms. The van der Waals surface area contributed by atoms with Crippen LogP contribution in [0.3, 0.4) is 0 Å². The van der Waals surface area contributed by atoms with E-state index in [-0.39, 0.29) is 22.6 Å². The molecule has 0 saturated heterocycles. The van der Waals surface area contributed by atoms with Gasteiger partial charge in [0.1, 0.15) is 0 Å². The second-order valence-corrected chi connectivity index (χ2v) is 10.7. The first-order valence-electron chi connectivity index (χ1n) is 12.7. The molecule has 5 nitrogen and oxygen atoms in total. The van der Waals surface area contributed by atoms with E-state index in [1.54, 1.807) is 4.57 Å². The molecule has 0 spiro atoms. The van der Waals surface area contributed by atoms with Crippen LogP contribution in [0.1, 0.15) is 37.0 Å². The molecule has 0 fully saturated rings. The highest BCUT2D eigenvalue weighted by atomic mass is 32.2. The van der Waals surface area contributed by atoms with E-state index in [4.69, 9.17) is 4.98 Å². The van der Waals surface area contributed by atoms with Gasteiger partial charge in [-0.05, 0) is 42.5 Å². The van der Waals surface area contributed by atoms with Crippen molar-refractivity contribution in [2.45, 2.75) is 50.2 Å². The number of thioether (sulfide) groups is 1. The molecular formula is C31H31N3O2S. The van der Waals surface area contributed by atoms with E-state index in [1.807, 2.05) is 60.7 Å². The number of rotatable bonds is 8. The number of amides is 1. The van der Waals surface area contributed by atoms with Crippen LogP contribution in [0.2, 0.25) is 0 Å². The summed E-state index contributed by atoms with van der Waals surface area (Å²) in [6.45, 7) is 4.82. The van der Waals surface area contributed by atoms with Gasteiger partial charge in [-0.3, -0.25) is 14.2 Å². The Morgan fingerprint density at radius 1 is 1.00 bits per heavy atom. The molecule has 0 aliphatic heterocycles. The molecule has 1 heterocycles. The minimum Gasteiger partial charge on any atom is -0.325 e. The number of carbonyl (C=O) groups is 1. The van der Waals surface area contributed by atoms with E-state index < -0.39 is 0 Å². The predicted octanol–water partition coefficient (Wildman–Crippen LogP) is 6.11. The number of benzene rings is 3. The molecule has 5 rings (SSSR count). The molecule has 1 aliphatic rings. The van der Waals surface area contributed by atoms with Gasteiger partial charge < -0.3 is 5.32 Å². The number of nitrogens with one attached hydrogen (secondary N) is 1. The summed E-state index contributed by atoms with van der Waals surface area (Å²) in [5.74, 6) is 0.0367. The maximum Gasteiger partial charge on any atom is 0.258 e. The fraction of sp³-hybridized carbons (Fsp3) is 0.258. The Balaban J connectivity index is 1.54. The Bertz CT molecular complexity index is 1470. The van der Waals surface area contributed by atoms with Crippen molar-refractivity contribution in [1.82, 2.24) is 9.55 Å². The summed E-state index contributed by atoms with van der Waals surface area (Å²) in [4.78, 5) is 32.0. The van der Waals surface area contributed by atoms with Crippen LogP contribution in [0, 0.1) is 0 Å². The lowest BCUT2D eigenvalue weighted by atomic mass is 9.69. The highest BCUT2D eigenvalue weighted by molar-refractivity contribution is 7.99. The smallest absolute Gasteiger partial charge is 0.258 e. The Hall–Kier alpha value is -3.64. The molecule has 1 N–H and O–H groups in total. The molecule has 1 unspecified atom stereocenters. The van der Waals surface area contributed by atoms with Gasteiger partial charge >= 0.3 is 0 Å². The van der Waals surface area contributed by atoms with Crippen LogP contribution in [-0.2, 0) is 29.6 Å². The molecule has 37 heavy (non-hydrogen) atoms. The van der Waals surface area contributed by atoms with Crippen LogP contribution in [0.4, 0.5) is 5.69 Å². The number of carbonyl (C=O) groups excluding carboxylic acids is 1. The summed E-state index contributed by atoms with van der Waals surface area (Å²) < 4.78 is 1.79. The van der Waals surface area contributed by atoms with Crippen molar-refractivity contribution in [3.05, 3.63) is 112 Å². The lowest BCUT2D eigenvalue weighted by molar-refractivity contribution is -0.113. The van der Waals surface area contributed by atoms with Crippen LogP contribution in [0.15, 0.2) is 94.9 Å². The number of para-hydroxylation sites is 1. The molecule has 1 atom stereocenters. The fourth-order valence-electron chi connectivity index (χ4n) is 5.03. The van der Waals surface area contributed by atoms with E-state index in [0.717, 1.165) is 40.9 Å². The first kappa shape index (κ1) is 25.0. The summed E-state index contributed by atoms with van der Waals surface area (Å²) in [7, 11) is 0. The van der Waals surface area contributed by atoms with E-state index in [9.17, 15) is 9.59 Å². The van der Waals surface area contributed by atoms with Gasteiger partial charge in [0.25, 0.3) is 5.56 Å². The molecule has 6 heteroatoms. The fourth-order valence-corrected chi connectivity index (χ4v) is 5.85. The maximum absolute atomic E-state index is 14.2. The highest BCUT2D eigenvalue weighted by Gasteiger charge is 2.38.